The summed E-state index contributed by atoms with van der Waals surface area (Å²) in [7, 11) is -3.45. The first kappa shape index (κ1) is 15.3. The summed E-state index contributed by atoms with van der Waals surface area (Å²) in [5.74, 6) is 2.61. The van der Waals surface area contributed by atoms with E-state index >= 15 is 0 Å². The van der Waals surface area contributed by atoms with Crippen LogP contribution in [0.4, 0.5) is 0 Å². The number of thioether (sulfide) groups is 1. The third-order valence-electron chi connectivity index (χ3n) is 3.11. The number of halogens is 1. The second kappa shape index (κ2) is 6.58. The fraction of sp³-hybridized carbons (Fsp3) is 0.500. The highest BCUT2D eigenvalue weighted by atomic mass is 79.9. The first-order chi connectivity index (χ1) is 9.03. The van der Waals surface area contributed by atoms with Gasteiger partial charge in [-0.1, -0.05) is 6.07 Å². The van der Waals surface area contributed by atoms with Gasteiger partial charge >= 0.3 is 0 Å². The molecular formula is C12H17BrN2O2S2. The lowest BCUT2D eigenvalue weighted by molar-refractivity contribution is 0.545. The van der Waals surface area contributed by atoms with Gasteiger partial charge in [-0.15, -0.1) is 0 Å². The smallest absolute Gasteiger partial charge is 0.241 e. The predicted molar refractivity (Wildman–Crippen MR) is 82.7 cm³/mol. The molecule has 1 unspecified atom stereocenters. The maximum Gasteiger partial charge on any atom is 0.241 e. The average molecular weight is 365 g/mol. The molecule has 3 N–H and O–H groups in total. The molecule has 1 aliphatic rings. The van der Waals surface area contributed by atoms with Gasteiger partial charge in [0.15, 0.2) is 0 Å². The molecule has 0 aliphatic carbocycles. The van der Waals surface area contributed by atoms with Gasteiger partial charge in [-0.2, -0.15) is 11.8 Å². The molecule has 0 saturated carbocycles. The van der Waals surface area contributed by atoms with Crippen molar-refractivity contribution in [2.45, 2.75) is 17.9 Å². The van der Waals surface area contributed by atoms with E-state index in [9.17, 15) is 8.42 Å². The standard InChI is InChI=1S/C12H17BrN2O2S2/c13-11-5-9(6-14)1-2-12(11)19(16,17)15-7-10-3-4-18-8-10/h1-2,5,10,15H,3-4,6-8,14H2. The Labute approximate surface area is 126 Å². The molecule has 19 heavy (non-hydrogen) atoms. The minimum atomic E-state index is -3.45. The normalized spacial score (nSPS) is 19.8. The van der Waals surface area contributed by atoms with Crippen LogP contribution in [0.2, 0.25) is 0 Å². The predicted octanol–water partition coefficient (Wildman–Crippen LogP) is 1.94. The maximum atomic E-state index is 12.2. The molecule has 0 bridgehead atoms. The van der Waals surface area contributed by atoms with Gasteiger partial charge in [0.2, 0.25) is 10.0 Å². The van der Waals surface area contributed by atoms with E-state index in [1.54, 1.807) is 18.2 Å². The summed E-state index contributed by atoms with van der Waals surface area (Å²) < 4.78 is 27.7. The van der Waals surface area contributed by atoms with Gasteiger partial charge in [-0.05, 0) is 57.5 Å². The number of hydrogen-bond acceptors (Lipinski definition) is 4. The molecule has 1 heterocycles. The molecule has 1 saturated heterocycles. The molecule has 0 amide bonds. The zero-order chi connectivity index (χ0) is 13.9. The molecule has 0 radical (unpaired) electrons. The molecule has 1 aromatic rings. The van der Waals surface area contributed by atoms with Crippen LogP contribution in [-0.4, -0.2) is 26.5 Å². The molecule has 106 valence electrons. The molecule has 1 fully saturated rings. The van der Waals surface area contributed by atoms with E-state index in [2.05, 4.69) is 20.7 Å². The van der Waals surface area contributed by atoms with Crippen molar-refractivity contribution in [3.05, 3.63) is 28.2 Å². The number of sulfonamides is 1. The van der Waals surface area contributed by atoms with Crippen molar-refractivity contribution in [3.8, 4) is 0 Å². The van der Waals surface area contributed by atoms with Crippen LogP contribution < -0.4 is 10.5 Å². The summed E-state index contributed by atoms with van der Waals surface area (Å²) in [5, 5.41) is 0. The Kier molecular flexibility index (Phi) is 5.30. The van der Waals surface area contributed by atoms with Crippen LogP contribution in [-0.2, 0) is 16.6 Å². The highest BCUT2D eigenvalue weighted by Crippen LogP contribution is 2.25. The quantitative estimate of drug-likeness (QED) is 0.837. The van der Waals surface area contributed by atoms with Crippen LogP contribution in [0.15, 0.2) is 27.6 Å². The summed E-state index contributed by atoms with van der Waals surface area (Å²) in [4.78, 5) is 0.273. The largest absolute Gasteiger partial charge is 0.326 e. The van der Waals surface area contributed by atoms with Crippen LogP contribution in [0.1, 0.15) is 12.0 Å². The topological polar surface area (TPSA) is 72.2 Å². The Morgan fingerprint density at radius 3 is 2.84 bits per heavy atom. The number of hydrogen-bond donors (Lipinski definition) is 2. The molecule has 1 aliphatic heterocycles. The molecule has 2 rings (SSSR count). The van der Waals surface area contributed by atoms with Gasteiger partial charge in [0.05, 0.1) is 4.90 Å². The average Bonchev–Trinajstić information content (AvgIpc) is 2.89. The van der Waals surface area contributed by atoms with Crippen LogP contribution in [0.5, 0.6) is 0 Å². The zero-order valence-corrected chi connectivity index (χ0v) is 13.7. The molecule has 7 heteroatoms. The van der Waals surface area contributed by atoms with Crippen molar-refractivity contribution < 1.29 is 8.42 Å². The Morgan fingerprint density at radius 1 is 1.47 bits per heavy atom. The van der Waals surface area contributed by atoms with Crippen molar-refractivity contribution >= 4 is 37.7 Å². The van der Waals surface area contributed by atoms with E-state index < -0.39 is 10.0 Å². The fourth-order valence-corrected chi connectivity index (χ4v) is 5.46. The molecule has 1 atom stereocenters. The third kappa shape index (κ3) is 3.95. The second-order valence-corrected chi connectivity index (χ2v) is 8.29. The highest BCUT2D eigenvalue weighted by Gasteiger charge is 2.21. The monoisotopic (exact) mass is 364 g/mol. The summed E-state index contributed by atoms with van der Waals surface area (Å²) in [6.07, 6.45) is 1.08. The molecular weight excluding hydrogens is 348 g/mol. The third-order valence-corrected chi connectivity index (χ3v) is 6.74. The maximum absolute atomic E-state index is 12.2. The molecule has 4 nitrogen and oxygen atoms in total. The fourth-order valence-electron chi connectivity index (χ4n) is 1.94. The van der Waals surface area contributed by atoms with Gasteiger partial charge in [0.1, 0.15) is 0 Å². The number of nitrogens with one attached hydrogen (secondary N) is 1. The lowest BCUT2D eigenvalue weighted by atomic mass is 10.1. The first-order valence-corrected chi connectivity index (χ1v) is 9.52. The number of benzene rings is 1. The molecule has 1 aromatic carbocycles. The molecule has 0 aromatic heterocycles. The Bertz CT molecular complexity index is 543. The zero-order valence-electron chi connectivity index (χ0n) is 10.4. The van der Waals surface area contributed by atoms with Gasteiger partial charge < -0.3 is 5.73 Å². The minimum absolute atomic E-state index is 0.273. The van der Waals surface area contributed by atoms with Crippen molar-refractivity contribution in [2.24, 2.45) is 11.7 Å². The Morgan fingerprint density at radius 2 is 2.26 bits per heavy atom. The van der Waals surface area contributed by atoms with E-state index in [1.165, 1.54) is 0 Å². The summed E-state index contributed by atoms with van der Waals surface area (Å²) in [5.41, 5.74) is 6.43. The second-order valence-electron chi connectivity index (χ2n) is 4.55. The van der Waals surface area contributed by atoms with Gasteiger partial charge in [0.25, 0.3) is 0 Å². The summed E-state index contributed by atoms with van der Waals surface area (Å²) in [6.45, 7) is 0.909. The van der Waals surface area contributed by atoms with E-state index in [1.807, 2.05) is 11.8 Å². The number of nitrogens with two attached hydrogens (primary N) is 1. The van der Waals surface area contributed by atoms with Crippen molar-refractivity contribution in [3.63, 3.8) is 0 Å². The van der Waals surface area contributed by atoms with Gasteiger partial charge in [0, 0.05) is 17.6 Å². The summed E-state index contributed by atoms with van der Waals surface area (Å²) >= 11 is 5.18. The van der Waals surface area contributed by atoms with E-state index in [0.29, 0.717) is 23.5 Å². The van der Waals surface area contributed by atoms with Gasteiger partial charge in [-0.3, -0.25) is 0 Å². The van der Waals surface area contributed by atoms with Crippen LogP contribution in [0, 0.1) is 5.92 Å². The number of rotatable bonds is 5. The van der Waals surface area contributed by atoms with E-state index in [0.717, 1.165) is 23.5 Å². The van der Waals surface area contributed by atoms with Crippen LogP contribution in [0.25, 0.3) is 0 Å². The van der Waals surface area contributed by atoms with Crippen LogP contribution >= 0.6 is 27.7 Å². The highest BCUT2D eigenvalue weighted by molar-refractivity contribution is 9.10. The van der Waals surface area contributed by atoms with E-state index in [-0.39, 0.29) is 4.90 Å². The van der Waals surface area contributed by atoms with E-state index in [4.69, 9.17) is 5.73 Å². The minimum Gasteiger partial charge on any atom is -0.326 e. The van der Waals surface area contributed by atoms with Gasteiger partial charge in [-0.25, -0.2) is 13.1 Å². The van der Waals surface area contributed by atoms with Crippen molar-refractivity contribution in [2.75, 3.05) is 18.1 Å². The van der Waals surface area contributed by atoms with Crippen molar-refractivity contribution in [1.29, 1.82) is 0 Å². The lowest BCUT2D eigenvalue weighted by Gasteiger charge is -2.12. The molecule has 0 spiro atoms. The lowest BCUT2D eigenvalue weighted by Crippen LogP contribution is -2.29. The van der Waals surface area contributed by atoms with Crippen molar-refractivity contribution in [1.82, 2.24) is 4.72 Å². The Balaban J connectivity index is 2.10. The summed E-state index contributed by atoms with van der Waals surface area (Å²) in [6, 6.07) is 5.09. The first-order valence-electron chi connectivity index (χ1n) is 6.09. The van der Waals surface area contributed by atoms with Crippen LogP contribution in [0.3, 0.4) is 0 Å². The Hall–Kier alpha value is -0.0800. The SMILES string of the molecule is NCc1ccc(S(=O)(=O)NCC2CCSC2)c(Br)c1.